The molecule has 1 fully saturated rings. The van der Waals surface area contributed by atoms with Crippen LogP contribution in [0.5, 0.6) is 0 Å². The molecule has 1 aliphatic heterocycles. The molecule has 128 valence electrons. The minimum absolute atomic E-state index is 0.103. The summed E-state index contributed by atoms with van der Waals surface area (Å²) in [4.78, 5) is 17.1. The van der Waals surface area contributed by atoms with Crippen molar-refractivity contribution in [3.05, 3.63) is 29.3 Å². The molecule has 1 heterocycles. The van der Waals surface area contributed by atoms with E-state index in [1.54, 1.807) is 0 Å². The van der Waals surface area contributed by atoms with E-state index in [2.05, 4.69) is 30.9 Å². The fraction of sp³-hybridized carbons (Fsp3) is 0.632. The van der Waals surface area contributed by atoms with Crippen molar-refractivity contribution in [3.8, 4) is 0 Å². The van der Waals surface area contributed by atoms with E-state index in [9.17, 15) is 4.79 Å². The van der Waals surface area contributed by atoms with Crippen LogP contribution in [0.3, 0.4) is 0 Å². The van der Waals surface area contributed by atoms with Crippen LogP contribution >= 0.6 is 0 Å². The van der Waals surface area contributed by atoms with E-state index < -0.39 is 0 Å². The second kappa shape index (κ2) is 7.82. The van der Waals surface area contributed by atoms with Crippen LogP contribution in [0.25, 0.3) is 0 Å². The molecule has 0 saturated carbocycles. The van der Waals surface area contributed by atoms with Crippen LogP contribution in [0, 0.1) is 12.8 Å². The number of rotatable bonds is 6. The van der Waals surface area contributed by atoms with E-state index in [1.807, 2.05) is 24.9 Å². The zero-order valence-corrected chi connectivity index (χ0v) is 15.0. The first kappa shape index (κ1) is 17.8. The number of hydrogen-bond donors (Lipinski definition) is 1. The molecule has 23 heavy (non-hydrogen) atoms. The van der Waals surface area contributed by atoms with Gasteiger partial charge in [-0.3, -0.25) is 4.79 Å². The van der Waals surface area contributed by atoms with Crippen LogP contribution in [0.4, 0.5) is 5.69 Å². The number of benzene rings is 1. The van der Waals surface area contributed by atoms with Crippen LogP contribution in [0.2, 0.25) is 0 Å². The van der Waals surface area contributed by atoms with Gasteiger partial charge in [-0.25, -0.2) is 0 Å². The maximum Gasteiger partial charge on any atom is 0.255 e. The summed E-state index contributed by atoms with van der Waals surface area (Å²) in [6, 6.07) is 6.36. The van der Waals surface area contributed by atoms with Gasteiger partial charge < -0.3 is 15.5 Å². The van der Waals surface area contributed by atoms with Gasteiger partial charge in [-0.05, 0) is 44.2 Å². The SMILES string of the molecule is Cc1ccc(N2CCCC2)c(C(=O)N(C)CCC(N)C(C)C)c1. The molecule has 2 N–H and O–H groups in total. The van der Waals surface area contributed by atoms with Crippen molar-refractivity contribution < 1.29 is 4.79 Å². The first-order valence-electron chi connectivity index (χ1n) is 8.76. The molecular formula is C19H31N3O. The number of carbonyl (C=O) groups is 1. The Morgan fingerprint density at radius 2 is 1.96 bits per heavy atom. The lowest BCUT2D eigenvalue weighted by Crippen LogP contribution is -2.35. The topological polar surface area (TPSA) is 49.6 Å². The molecule has 1 unspecified atom stereocenters. The average molecular weight is 317 g/mol. The van der Waals surface area contributed by atoms with Crippen molar-refractivity contribution >= 4 is 11.6 Å². The molecule has 0 aliphatic carbocycles. The van der Waals surface area contributed by atoms with Crippen molar-refractivity contribution in [1.82, 2.24) is 4.90 Å². The molecule has 4 nitrogen and oxygen atoms in total. The fourth-order valence-corrected chi connectivity index (χ4v) is 3.04. The third kappa shape index (κ3) is 4.47. The Morgan fingerprint density at radius 3 is 2.57 bits per heavy atom. The van der Waals surface area contributed by atoms with Crippen LogP contribution < -0.4 is 10.6 Å². The van der Waals surface area contributed by atoms with Crippen molar-refractivity contribution in [2.45, 2.75) is 46.1 Å². The first-order chi connectivity index (χ1) is 10.9. The molecule has 0 bridgehead atoms. The summed E-state index contributed by atoms with van der Waals surface area (Å²) in [6.07, 6.45) is 3.26. The zero-order valence-electron chi connectivity index (χ0n) is 15.0. The number of amides is 1. The van der Waals surface area contributed by atoms with Crippen molar-refractivity contribution in [3.63, 3.8) is 0 Å². The van der Waals surface area contributed by atoms with Gasteiger partial charge >= 0.3 is 0 Å². The first-order valence-corrected chi connectivity index (χ1v) is 8.76. The Kier molecular flexibility index (Phi) is 6.05. The minimum atomic E-state index is 0.103. The summed E-state index contributed by atoms with van der Waals surface area (Å²) in [5.74, 6) is 0.546. The van der Waals surface area contributed by atoms with E-state index in [4.69, 9.17) is 5.73 Å². The molecule has 1 aliphatic rings. The number of aryl methyl sites for hydroxylation is 1. The van der Waals surface area contributed by atoms with Crippen LogP contribution in [0.1, 0.15) is 49.0 Å². The molecule has 4 heteroatoms. The number of hydrogen-bond acceptors (Lipinski definition) is 3. The lowest BCUT2D eigenvalue weighted by molar-refractivity contribution is 0.0789. The highest BCUT2D eigenvalue weighted by Crippen LogP contribution is 2.26. The van der Waals surface area contributed by atoms with Gasteiger partial charge in [0, 0.05) is 38.4 Å². The number of anilines is 1. The second-order valence-electron chi connectivity index (χ2n) is 7.14. The van der Waals surface area contributed by atoms with Gasteiger partial charge in [-0.15, -0.1) is 0 Å². The Hall–Kier alpha value is -1.55. The molecule has 2 rings (SSSR count). The van der Waals surface area contributed by atoms with E-state index in [0.29, 0.717) is 12.5 Å². The molecule has 0 aromatic heterocycles. The molecule has 1 aromatic carbocycles. The normalized spacial score (nSPS) is 16.0. The predicted molar refractivity (Wildman–Crippen MR) is 97.0 cm³/mol. The smallest absolute Gasteiger partial charge is 0.255 e. The van der Waals surface area contributed by atoms with Gasteiger partial charge in [0.15, 0.2) is 0 Å². The maximum atomic E-state index is 12.9. The summed E-state index contributed by atoms with van der Waals surface area (Å²) < 4.78 is 0. The monoisotopic (exact) mass is 317 g/mol. The second-order valence-corrected chi connectivity index (χ2v) is 7.14. The van der Waals surface area contributed by atoms with E-state index in [-0.39, 0.29) is 11.9 Å². The van der Waals surface area contributed by atoms with Crippen molar-refractivity contribution in [1.29, 1.82) is 0 Å². The largest absolute Gasteiger partial charge is 0.371 e. The number of nitrogens with two attached hydrogens (primary N) is 1. The van der Waals surface area contributed by atoms with E-state index >= 15 is 0 Å². The van der Waals surface area contributed by atoms with Crippen molar-refractivity contribution in [2.24, 2.45) is 11.7 Å². The number of carbonyl (C=O) groups excluding carboxylic acids is 1. The summed E-state index contributed by atoms with van der Waals surface area (Å²) in [6.45, 7) is 9.08. The summed E-state index contributed by atoms with van der Waals surface area (Å²) in [5, 5.41) is 0. The molecule has 0 spiro atoms. The van der Waals surface area contributed by atoms with E-state index in [1.165, 1.54) is 12.8 Å². The van der Waals surface area contributed by atoms with Crippen LogP contribution in [-0.4, -0.2) is 43.5 Å². The Balaban J connectivity index is 2.12. The Labute approximate surface area is 140 Å². The van der Waals surface area contributed by atoms with Gasteiger partial charge in [-0.1, -0.05) is 25.5 Å². The third-order valence-electron chi connectivity index (χ3n) is 4.83. The summed E-state index contributed by atoms with van der Waals surface area (Å²) in [5.41, 5.74) is 9.15. The Bertz CT molecular complexity index is 535. The van der Waals surface area contributed by atoms with E-state index in [0.717, 1.165) is 36.3 Å². The number of nitrogens with zero attached hydrogens (tertiary/aromatic N) is 2. The van der Waals surface area contributed by atoms with Crippen LogP contribution in [0.15, 0.2) is 18.2 Å². The summed E-state index contributed by atoms with van der Waals surface area (Å²) in [7, 11) is 1.88. The summed E-state index contributed by atoms with van der Waals surface area (Å²) >= 11 is 0. The molecule has 1 amide bonds. The molecular weight excluding hydrogens is 286 g/mol. The lowest BCUT2D eigenvalue weighted by atomic mass is 10.0. The molecule has 1 atom stereocenters. The third-order valence-corrected chi connectivity index (χ3v) is 4.83. The highest BCUT2D eigenvalue weighted by molar-refractivity contribution is 6.00. The Morgan fingerprint density at radius 1 is 1.30 bits per heavy atom. The van der Waals surface area contributed by atoms with Gasteiger partial charge in [-0.2, -0.15) is 0 Å². The highest BCUT2D eigenvalue weighted by Gasteiger charge is 2.22. The minimum Gasteiger partial charge on any atom is -0.371 e. The lowest BCUT2D eigenvalue weighted by Gasteiger charge is -2.25. The van der Waals surface area contributed by atoms with Gasteiger partial charge in [0.2, 0.25) is 0 Å². The standard InChI is InChI=1S/C19H31N3O/c1-14(2)17(20)9-12-21(4)19(23)16-13-15(3)7-8-18(16)22-10-5-6-11-22/h7-8,13-14,17H,5-6,9-12,20H2,1-4H3. The van der Waals surface area contributed by atoms with Gasteiger partial charge in [0.1, 0.15) is 0 Å². The molecule has 1 saturated heterocycles. The quantitative estimate of drug-likeness (QED) is 0.877. The predicted octanol–water partition coefficient (Wildman–Crippen LogP) is 3.04. The maximum absolute atomic E-state index is 12.9. The zero-order chi connectivity index (χ0) is 17.0. The van der Waals surface area contributed by atoms with Gasteiger partial charge in [0.25, 0.3) is 5.91 Å². The molecule has 0 radical (unpaired) electrons. The average Bonchev–Trinajstić information content (AvgIpc) is 3.05. The highest BCUT2D eigenvalue weighted by atomic mass is 16.2. The van der Waals surface area contributed by atoms with Gasteiger partial charge in [0.05, 0.1) is 5.56 Å². The van der Waals surface area contributed by atoms with Crippen molar-refractivity contribution in [2.75, 3.05) is 31.6 Å². The van der Waals surface area contributed by atoms with Crippen LogP contribution in [-0.2, 0) is 0 Å². The molecule has 1 aromatic rings. The fourth-order valence-electron chi connectivity index (χ4n) is 3.04.